The van der Waals surface area contributed by atoms with E-state index < -0.39 is 41.7 Å². The lowest BCUT2D eigenvalue weighted by molar-refractivity contribution is -0.147. The summed E-state index contributed by atoms with van der Waals surface area (Å²) in [6, 6.07) is 3.53. The first kappa shape index (κ1) is 21.0. The van der Waals surface area contributed by atoms with Crippen LogP contribution in [0.25, 0.3) is 10.8 Å². The predicted molar refractivity (Wildman–Crippen MR) is 104 cm³/mol. The van der Waals surface area contributed by atoms with Gasteiger partial charge >= 0.3 is 17.9 Å². The van der Waals surface area contributed by atoms with Crippen molar-refractivity contribution in [3.8, 4) is 0 Å². The van der Waals surface area contributed by atoms with E-state index in [1.54, 1.807) is 13.8 Å². The number of methoxy groups -OCH3 is 1. The van der Waals surface area contributed by atoms with Crippen LogP contribution < -0.4 is 0 Å². The second-order valence-corrected chi connectivity index (χ2v) is 7.02. The number of benzene rings is 2. The molecule has 1 aliphatic rings. The highest BCUT2D eigenvalue weighted by molar-refractivity contribution is 6.30. The van der Waals surface area contributed by atoms with E-state index in [9.17, 15) is 34.2 Å². The number of amides is 2. The Morgan fingerprint density at radius 2 is 1.40 bits per heavy atom. The Labute approximate surface area is 170 Å². The Hall–Kier alpha value is -3.75. The van der Waals surface area contributed by atoms with Gasteiger partial charge in [0.25, 0.3) is 11.8 Å². The predicted octanol–water partition coefficient (Wildman–Crippen LogP) is 2.42. The summed E-state index contributed by atoms with van der Waals surface area (Å²) in [6.45, 7) is 3.50. The van der Waals surface area contributed by atoms with Crippen LogP contribution in [0.15, 0.2) is 24.3 Å². The summed E-state index contributed by atoms with van der Waals surface area (Å²) in [5, 5.41) is 18.8. The van der Waals surface area contributed by atoms with Crippen molar-refractivity contribution in [2.75, 3.05) is 7.11 Å². The summed E-state index contributed by atoms with van der Waals surface area (Å²) in [6.07, 6.45) is 0.481. The van der Waals surface area contributed by atoms with E-state index >= 15 is 0 Å². The molecule has 0 radical (unpaired) electrons. The SMILES string of the molecule is CC[C@H](C)[C@@H](C(=O)OC)N1C(=O)c2ccc(C(=O)O)c3c(C(=O)O)ccc(c23)C1=O. The third-order valence-electron chi connectivity index (χ3n) is 5.42. The minimum absolute atomic E-state index is 0.0474. The number of rotatable bonds is 6. The fourth-order valence-corrected chi connectivity index (χ4v) is 3.75. The van der Waals surface area contributed by atoms with Gasteiger partial charge in [0.15, 0.2) is 0 Å². The van der Waals surface area contributed by atoms with Gasteiger partial charge in [0.2, 0.25) is 0 Å². The lowest BCUT2D eigenvalue weighted by Crippen LogP contribution is -2.53. The lowest BCUT2D eigenvalue weighted by atomic mass is 9.86. The van der Waals surface area contributed by atoms with E-state index in [1.807, 2.05) is 0 Å². The van der Waals surface area contributed by atoms with Crippen LogP contribution in [0.5, 0.6) is 0 Å². The molecule has 2 aromatic rings. The molecule has 0 saturated heterocycles. The van der Waals surface area contributed by atoms with Crippen molar-refractivity contribution in [2.45, 2.75) is 26.3 Å². The number of carboxylic acid groups (broad SMARTS) is 2. The van der Waals surface area contributed by atoms with Crippen molar-refractivity contribution in [2.24, 2.45) is 5.92 Å². The van der Waals surface area contributed by atoms with Gasteiger partial charge in [0, 0.05) is 21.9 Å². The van der Waals surface area contributed by atoms with E-state index in [2.05, 4.69) is 0 Å². The zero-order valence-corrected chi connectivity index (χ0v) is 16.5. The minimum Gasteiger partial charge on any atom is -0.478 e. The molecule has 2 N–H and O–H groups in total. The van der Waals surface area contributed by atoms with Crippen molar-refractivity contribution in [1.29, 1.82) is 0 Å². The number of ether oxygens (including phenoxy) is 1. The summed E-state index contributed by atoms with van der Waals surface area (Å²) in [5.41, 5.74) is -0.781. The van der Waals surface area contributed by atoms with E-state index in [4.69, 9.17) is 4.74 Å². The number of esters is 1. The maximum atomic E-state index is 13.3. The first-order chi connectivity index (χ1) is 14.1. The number of nitrogens with zero attached hydrogens (tertiary/aromatic N) is 1. The quantitative estimate of drug-likeness (QED) is 0.544. The van der Waals surface area contributed by atoms with Gasteiger partial charge in [-0.15, -0.1) is 0 Å². The second-order valence-electron chi connectivity index (χ2n) is 7.02. The van der Waals surface area contributed by atoms with Crippen LogP contribution in [-0.4, -0.2) is 58.0 Å². The molecular weight excluding hydrogens is 394 g/mol. The molecule has 0 bridgehead atoms. The molecule has 0 spiro atoms. The molecule has 3 rings (SSSR count). The van der Waals surface area contributed by atoms with E-state index in [-0.39, 0.29) is 33.0 Å². The lowest BCUT2D eigenvalue weighted by Gasteiger charge is -2.35. The molecule has 1 heterocycles. The van der Waals surface area contributed by atoms with Gasteiger partial charge in [-0.25, -0.2) is 14.4 Å². The van der Waals surface area contributed by atoms with Crippen molar-refractivity contribution in [1.82, 2.24) is 4.90 Å². The third kappa shape index (κ3) is 2.99. The number of imide groups is 1. The van der Waals surface area contributed by atoms with Crippen LogP contribution >= 0.6 is 0 Å². The minimum atomic E-state index is -1.39. The summed E-state index contributed by atoms with van der Waals surface area (Å²) in [7, 11) is 1.16. The monoisotopic (exact) mass is 413 g/mol. The van der Waals surface area contributed by atoms with E-state index in [0.717, 1.165) is 24.1 Å². The molecule has 30 heavy (non-hydrogen) atoms. The van der Waals surface area contributed by atoms with E-state index in [0.29, 0.717) is 6.42 Å². The molecule has 0 fully saturated rings. The van der Waals surface area contributed by atoms with Crippen LogP contribution in [0.2, 0.25) is 0 Å². The summed E-state index contributed by atoms with van der Waals surface area (Å²) >= 11 is 0. The standard InChI is InChI=1S/C21H19NO8/c1-4-9(2)16(21(29)30-3)22-17(23)10-5-7-12(19(25)26)15-13(20(27)28)8-6-11(14(10)15)18(22)24/h5-9,16H,4H2,1-3H3,(H,25,26)(H,27,28)/t9-,16-/m0/s1. The number of carbonyl (C=O) groups excluding carboxylic acids is 3. The van der Waals surface area contributed by atoms with E-state index in [1.165, 1.54) is 12.1 Å². The maximum Gasteiger partial charge on any atom is 0.336 e. The van der Waals surface area contributed by atoms with Gasteiger partial charge < -0.3 is 14.9 Å². The zero-order chi connectivity index (χ0) is 22.3. The Morgan fingerprint density at radius 1 is 0.933 bits per heavy atom. The first-order valence-corrected chi connectivity index (χ1v) is 9.17. The van der Waals surface area contributed by atoms with Crippen molar-refractivity contribution >= 4 is 40.5 Å². The van der Waals surface area contributed by atoms with Crippen LogP contribution in [0.1, 0.15) is 61.7 Å². The van der Waals surface area contributed by atoms with Gasteiger partial charge in [-0.2, -0.15) is 0 Å². The molecule has 9 heteroatoms. The molecule has 0 aliphatic carbocycles. The molecule has 0 unspecified atom stereocenters. The van der Waals surface area contributed by atoms with Crippen molar-refractivity contribution in [3.05, 3.63) is 46.5 Å². The van der Waals surface area contributed by atoms with Gasteiger partial charge in [0.05, 0.1) is 18.2 Å². The Kier molecular flexibility index (Phi) is 5.30. The highest BCUT2D eigenvalue weighted by Crippen LogP contribution is 2.36. The van der Waals surface area contributed by atoms with Crippen LogP contribution in [-0.2, 0) is 9.53 Å². The van der Waals surface area contributed by atoms with Crippen LogP contribution in [0.4, 0.5) is 0 Å². The largest absolute Gasteiger partial charge is 0.478 e. The highest BCUT2D eigenvalue weighted by atomic mass is 16.5. The smallest absolute Gasteiger partial charge is 0.336 e. The van der Waals surface area contributed by atoms with Crippen molar-refractivity contribution < 1.29 is 38.9 Å². The molecule has 2 aromatic carbocycles. The average Bonchev–Trinajstić information content (AvgIpc) is 2.72. The fraction of sp³-hybridized carbons (Fsp3) is 0.286. The zero-order valence-electron chi connectivity index (χ0n) is 16.5. The van der Waals surface area contributed by atoms with Crippen LogP contribution in [0, 0.1) is 5.92 Å². The van der Waals surface area contributed by atoms with Gasteiger partial charge in [-0.05, 0) is 30.2 Å². The topological polar surface area (TPSA) is 138 Å². The Bertz CT molecular complexity index is 1050. The number of hydrogen-bond donors (Lipinski definition) is 2. The number of carbonyl (C=O) groups is 5. The number of aromatic carboxylic acids is 2. The second kappa shape index (κ2) is 7.58. The van der Waals surface area contributed by atoms with Gasteiger partial charge in [-0.3, -0.25) is 14.5 Å². The summed E-state index contributed by atoms with van der Waals surface area (Å²) < 4.78 is 4.81. The number of carboxylic acids is 2. The van der Waals surface area contributed by atoms with Gasteiger partial charge in [0.1, 0.15) is 6.04 Å². The molecule has 0 saturated carbocycles. The summed E-state index contributed by atoms with van der Waals surface area (Å²) in [5.74, 6) is -5.57. The molecule has 2 atom stereocenters. The fourth-order valence-electron chi connectivity index (χ4n) is 3.75. The Morgan fingerprint density at radius 3 is 1.77 bits per heavy atom. The normalized spacial score (nSPS) is 15.1. The van der Waals surface area contributed by atoms with Gasteiger partial charge in [-0.1, -0.05) is 20.3 Å². The molecule has 0 aromatic heterocycles. The number of hydrogen-bond acceptors (Lipinski definition) is 6. The molecule has 2 amide bonds. The molecule has 1 aliphatic heterocycles. The summed E-state index contributed by atoms with van der Waals surface area (Å²) in [4.78, 5) is 63.1. The van der Waals surface area contributed by atoms with Crippen molar-refractivity contribution in [3.63, 3.8) is 0 Å². The average molecular weight is 413 g/mol. The molecular formula is C21H19NO8. The Balaban J connectivity index is 2.36. The molecule has 9 nitrogen and oxygen atoms in total. The molecule has 156 valence electrons. The third-order valence-corrected chi connectivity index (χ3v) is 5.42. The highest BCUT2D eigenvalue weighted by Gasteiger charge is 2.44. The van der Waals surface area contributed by atoms with Crippen LogP contribution in [0.3, 0.4) is 0 Å². The first-order valence-electron chi connectivity index (χ1n) is 9.17. The maximum absolute atomic E-state index is 13.3.